The number of allylic oxidation sites excluding steroid dienone is 1. The molecular formula is C16H23N. The summed E-state index contributed by atoms with van der Waals surface area (Å²) in [5, 5.41) is 9.72. The van der Waals surface area contributed by atoms with E-state index in [1.807, 2.05) is 6.08 Å². The maximum absolute atomic E-state index is 9.72. The molecule has 0 aliphatic heterocycles. The summed E-state index contributed by atoms with van der Waals surface area (Å²) in [6.45, 7) is 6.18. The molecule has 4 saturated carbocycles. The Labute approximate surface area is 105 Å². The van der Waals surface area contributed by atoms with Gasteiger partial charge in [-0.25, -0.2) is 0 Å². The summed E-state index contributed by atoms with van der Waals surface area (Å²) in [5.41, 5.74) is 0.0377. The molecular weight excluding hydrogens is 206 g/mol. The largest absolute Gasteiger partial charge is 0.197 e. The van der Waals surface area contributed by atoms with Crippen molar-refractivity contribution in [2.75, 3.05) is 0 Å². The van der Waals surface area contributed by atoms with Crippen LogP contribution in [0.5, 0.6) is 0 Å². The summed E-state index contributed by atoms with van der Waals surface area (Å²) in [4.78, 5) is 0. The first kappa shape index (κ1) is 11.3. The molecule has 0 aromatic carbocycles. The Kier molecular flexibility index (Phi) is 2.41. The van der Waals surface area contributed by atoms with Gasteiger partial charge < -0.3 is 0 Å². The summed E-state index contributed by atoms with van der Waals surface area (Å²) < 4.78 is 0. The molecule has 1 atom stereocenters. The van der Waals surface area contributed by atoms with Gasteiger partial charge in [0.15, 0.2) is 0 Å². The highest BCUT2D eigenvalue weighted by atomic mass is 14.6. The number of hydrogen-bond donors (Lipinski definition) is 0. The van der Waals surface area contributed by atoms with Crippen molar-refractivity contribution in [1.82, 2.24) is 0 Å². The van der Waals surface area contributed by atoms with Gasteiger partial charge in [-0.1, -0.05) is 13.0 Å². The zero-order valence-electron chi connectivity index (χ0n) is 10.9. The lowest BCUT2D eigenvalue weighted by molar-refractivity contribution is -0.0974. The fraction of sp³-hybridized carbons (Fsp3) is 0.812. The van der Waals surface area contributed by atoms with E-state index in [9.17, 15) is 5.26 Å². The van der Waals surface area contributed by atoms with Crippen molar-refractivity contribution in [2.24, 2.45) is 28.6 Å². The highest BCUT2D eigenvalue weighted by Crippen LogP contribution is 2.66. The smallest absolute Gasteiger partial charge is 0.0804 e. The monoisotopic (exact) mass is 229 g/mol. The molecule has 4 aliphatic carbocycles. The minimum Gasteiger partial charge on any atom is -0.197 e. The van der Waals surface area contributed by atoms with Crippen molar-refractivity contribution < 1.29 is 0 Å². The molecule has 0 amide bonds. The van der Waals surface area contributed by atoms with Crippen molar-refractivity contribution in [1.29, 1.82) is 5.26 Å². The molecule has 1 unspecified atom stereocenters. The van der Waals surface area contributed by atoms with E-state index in [0.717, 1.165) is 24.2 Å². The molecule has 0 spiro atoms. The van der Waals surface area contributed by atoms with E-state index in [0.29, 0.717) is 0 Å². The first-order chi connectivity index (χ1) is 8.17. The summed E-state index contributed by atoms with van der Waals surface area (Å²) in [6, 6.07) is 2.65. The topological polar surface area (TPSA) is 23.8 Å². The SMILES string of the molecule is C=CC(C#N)(CC)C12CC3CC(CC(C3)C1)C2. The van der Waals surface area contributed by atoms with Crippen LogP contribution >= 0.6 is 0 Å². The fourth-order valence-electron chi connectivity index (χ4n) is 5.64. The first-order valence-electron chi connectivity index (χ1n) is 7.22. The van der Waals surface area contributed by atoms with Crippen LogP contribution in [0.4, 0.5) is 0 Å². The van der Waals surface area contributed by atoms with Gasteiger partial charge in [0.05, 0.1) is 11.5 Å². The molecule has 92 valence electrons. The van der Waals surface area contributed by atoms with Crippen LogP contribution in [0.25, 0.3) is 0 Å². The third-order valence-corrected chi connectivity index (χ3v) is 6.09. The minimum atomic E-state index is -0.247. The molecule has 4 aliphatic rings. The molecule has 0 saturated heterocycles. The number of hydrogen-bond acceptors (Lipinski definition) is 1. The Balaban J connectivity index is 2.01. The summed E-state index contributed by atoms with van der Waals surface area (Å²) in [7, 11) is 0. The average molecular weight is 229 g/mol. The van der Waals surface area contributed by atoms with Crippen molar-refractivity contribution in [3.05, 3.63) is 12.7 Å². The second-order valence-corrected chi connectivity index (χ2v) is 6.84. The van der Waals surface area contributed by atoms with Gasteiger partial charge in [-0.05, 0) is 68.1 Å². The van der Waals surface area contributed by atoms with Crippen LogP contribution in [0, 0.1) is 39.9 Å². The van der Waals surface area contributed by atoms with E-state index in [1.54, 1.807) is 0 Å². The summed E-state index contributed by atoms with van der Waals surface area (Å²) >= 11 is 0. The van der Waals surface area contributed by atoms with Gasteiger partial charge in [0.2, 0.25) is 0 Å². The first-order valence-corrected chi connectivity index (χ1v) is 7.22. The van der Waals surface area contributed by atoms with Crippen LogP contribution < -0.4 is 0 Å². The third-order valence-electron chi connectivity index (χ3n) is 6.09. The Morgan fingerprint density at radius 2 is 1.71 bits per heavy atom. The third kappa shape index (κ3) is 1.36. The summed E-state index contributed by atoms with van der Waals surface area (Å²) in [5.74, 6) is 2.75. The van der Waals surface area contributed by atoms with Crippen LogP contribution in [0.3, 0.4) is 0 Å². The number of rotatable bonds is 3. The zero-order valence-corrected chi connectivity index (χ0v) is 10.9. The predicted octanol–water partition coefficient (Wildman–Crippen LogP) is 4.31. The van der Waals surface area contributed by atoms with Crippen LogP contribution in [0.15, 0.2) is 12.7 Å². The van der Waals surface area contributed by atoms with Gasteiger partial charge in [-0.15, -0.1) is 6.58 Å². The molecule has 0 heterocycles. The van der Waals surface area contributed by atoms with Gasteiger partial charge in [-0.2, -0.15) is 5.26 Å². The zero-order chi connectivity index (χ0) is 12.1. The molecule has 1 heteroatoms. The van der Waals surface area contributed by atoms with E-state index in [-0.39, 0.29) is 10.8 Å². The highest BCUT2D eigenvalue weighted by Gasteiger charge is 2.59. The van der Waals surface area contributed by atoms with E-state index in [2.05, 4.69) is 19.6 Å². The molecule has 0 aromatic heterocycles. The lowest BCUT2D eigenvalue weighted by Gasteiger charge is -2.61. The van der Waals surface area contributed by atoms with Crippen molar-refractivity contribution >= 4 is 0 Å². The maximum atomic E-state index is 9.72. The Morgan fingerprint density at radius 3 is 2.00 bits per heavy atom. The van der Waals surface area contributed by atoms with Gasteiger partial charge in [0.25, 0.3) is 0 Å². The number of nitriles is 1. The molecule has 4 bridgehead atoms. The van der Waals surface area contributed by atoms with Gasteiger partial charge in [0, 0.05) is 0 Å². The van der Waals surface area contributed by atoms with Gasteiger partial charge in [0.1, 0.15) is 0 Å². The predicted molar refractivity (Wildman–Crippen MR) is 69.1 cm³/mol. The van der Waals surface area contributed by atoms with Crippen LogP contribution in [-0.4, -0.2) is 0 Å². The van der Waals surface area contributed by atoms with E-state index in [1.165, 1.54) is 38.5 Å². The molecule has 0 N–H and O–H groups in total. The second-order valence-electron chi connectivity index (χ2n) is 6.84. The Hall–Kier alpha value is -0.770. The van der Waals surface area contributed by atoms with Crippen LogP contribution in [0.2, 0.25) is 0 Å². The molecule has 0 aromatic rings. The van der Waals surface area contributed by atoms with Crippen molar-refractivity contribution in [3.63, 3.8) is 0 Å². The summed E-state index contributed by atoms with van der Waals surface area (Å²) in [6.07, 6.45) is 11.2. The Morgan fingerprint density at radius 1 is 1.24 bits per heavy atom. The van der Waals surface area contributed by atoms with Gasteiger partial charge >= 0.3 is 0 Å². The lowest BCUT2D eigenvalue weighted by Crippen LogP contribution is -2.53. The molecule has 1 nitrogen and oxygen atoms in total. The average Bonchev–Trinajstić information content (AvgIpc) is 2.29. The quantitative estimate of drug-likeness (QED) is 0.662. The minimum absolute atomic E-state index is 0.247. The standard InChI is InChI=1S/C16H23N/c1-3-15(4-2,11-17)16-8-12-5-13(9-16)7-14(6-12)10-16/h3,12-14H,1,4-10H2,2H3. The van der Waals surface area contributed by atoms with Crippen molar-refractivity contribution in [2.45, 2.75) is 51.9 Å². The van der Waals surface area contributed by atoms with E-state index < -0.39 is 0 Å². The molecule has 4 rings (SSSR count). The lowest BCUT2D eigenvalue weighted by atomic mass is 9.42. The fourth-order valence-corrected chi connectivity index (χ4v) is 5.64. The number of nitrogens with zero attached hydrogens (tertiary/aromatic N) is 1. The molecule has 17 heavy (non-hydrogen) atoms. The highest BCUT2D eigenvalue weighted by molar-refractivity contribution is 5.22. The Bertz CT molecular complexity index is 340. The van der Waals surface area contributed by atoms with Crippen molar-refractivity contribution in [3.8, 4) is 6.07 Å². The van der Waals surface area contributed by atoms with E-state index >= 15 is 0 Å². The second kappa shape index (κ2) is 3.61. The maximum Gasteiger partial charge on any atom is 0.0804 e. The van der Waals surface area contributed by atoms with E-state index in [4.69, 9.17) is 0 Å². The molecule has 0 radical (unpaired) electrons. The molecule has 4 fully saturated rings. The van der Waals surface area contributed by atoms with Crippen LogP contribution in [-0.2, 0) is 0 Å². The van der Waals surface area contributed by atoms with Crippen LogP contribution in [0.1, 0.15) is 51.9 Å². The normalized spacial score (nSPS) is 46.2. The van der Waals surface area contributed by atoms with Gasteiger partial charge in [-0.3, -0.25) is 0 Å².